The molecule has 0 aromatic heterocycles. The van der Waals surface area contributed by atoms with Crippen LogP contribution in [0.15, 0.2) is 43.0 Å². The molecule has 1 aromatic rings. The molecule has 0 saturated carbocycles. The third kappa shape index (κ3) is 3.31. The van der Waals surface area contributed by atoms with Crippen LogP contribution in [-0.4, -0.2) is 26.0 Å². The zero-order chi connectivity index (χ0) is 13.2. The van der Waals surface area contributed by atoms with Crippen LogP contribution in [0.3, 0.4) is 0 Å². The normalized spacial score (nSPS) is 24.6. The van der Waals surface area contributed by atoms with Gasteiger partial charge in [-0.1, -0.05) is 56.0 Å². The van der Waals surface area contributed by atoms with Crippen LogP contribution in [0.4, 0.5) is 0 Å². The lowest BCUT2D eigenvalue weighted by atomic mass is 10.2. The highest BCUT2D eigenvalue weighted by Crippen LogP contribution is 2.35. The van der Waals surface area contributed by atoms with Crippen molar-refractivity contribution in [3.8, 4) is 0 Å². The Labute approximate surface area is 111 Å². The van der Waals surface area contributed by atoms with Gasteiger partial charge in [0, 0.05) is 0 Å². The molecule has 1 saturated heterocycles. The van der Waals surface area contributed by atoms with E-state index in [-0.39, 0.29) is 12.2 Å². The lowest BCUT2D eigenvalue weighted by Gasteiger charge is -2.15. The van der Waals surface area contributed by atoms with Crippen LogP contribution in [0.1, 0.15) is 5.56 Å². The SMILES string of the molecule is C=C[C@H](OCc1ccccc1)[C@@H]1O[C@H]1[Si](C)(C)C. The third-order valence-corrected chi connectivity index (χ3v) is 5.39. The van der Waals surface area contributed by atoms with Crippen molar-refractivity contribution in [1.29, 1.82) is 0 Å². The summed E-state index contributed by atoms with van der Waals surface area (Å²) >= 11 is 0. The first-order valence-corrected chi connectivity index (χ1v) is 10.0. The van der Waals surface area contributed by atoms with E-state index in [1.54, 1.807) is 0 Å². The van der Waals surface area contributed by atoms with E-state index in [2.05, 4.69) is 38.4 Å². The second-order valence-corrected chi connectivity index (χ2v) is 11.2. The van der Waals surface area contributed by atoms with E-state index in [0.29, 0.717) is 12.3 Å². The van der Waals surface area contributed by atoms with Gasteiger partial charge >= 0.3 is 0 Å². The molecule has 1 fully saturated rings. The Balaban J connectivity index is 1.87. The van der Waals surface area contributed by atoms with Gasteiger partial charge in [-0.05, 0) is 5.56 Å². The van der Waals surface area contributed by atoms with Gasteiger partial charge in [0.25, 0.3) is 0 Å². The number of rotatable bonds is 6. The van der Waals surface area contributed by atoms with Crippen molar-refractivity contribution in [3.05, 3.63) is 48.6 Å². The molecule has 2 rings (SSSR count). The predicted octanol–water partition coefficient (Wildman–Crippen LogP) is 3.40. The minimum Gasteiger partial charge on any atom is -0.370 e. The third-order valence-electron chi connectivity index (χ3n) is 3.22. The average molecular weight is 262 g/mol. The molecule has 1 aliphatic heterocycles. The Morgan fingerprint density at radius 2 is 2.00 bits per heavy atom. The van der Waals surface area contributed by atoms with Crippen LogP contribution < -0.4 is 0 Å². The van der Waals surface area contributed by atoms with Gasteiger partial charge in [-0.25, -0.2) is 0 Å². The molecule has 0 unspecified atom stereocenters. The summed E-state index contributed by atoms with van der Waals surface area (Å²) in [6, 6.07) is 10.2. The highest BCUT2D eigenvalue weighted by atomic mass is 28.3. The van der Waals surface area contributed by atoms with E-state index in [4.69, 9.17) is 9.47 Å². The average Bonchev–Trinajstić information content (AvgIpc) is 3.11. The fourth-order valence-electron chi connectivity index (χ4n) is 2.13. The fourth-order valence-corrected chi connectivity index (χ4v) is 3.87. The molecule has 1 aromatic carbocycles. The molecule has 98 valence electrons. The molecule has 0 spiro atoms. The van der Waals surface area contributed by atoms with Gasteiger partial charge in [-0.15, -0.1) is 6.58 Å². The maximum Gasteiger partial charge on any atom is 0.110 e. The molecule has 0 radical (unpaired) electrons. The van der Waals surface area contributed by atoms with E-state index < -0.39 is 8.07 Å². The van der Waals surface area contributed by atoms with Crippen molar-refractivity contribution in [1.82, 2.24) is 0 Å². The van der Waals surface area contributed by atoms with Crippen LogP contribution in [0.2, 0.25) is 19.6 Å². The minimum atomic E-state index is -1.22. The lowest BCUT2D eigenvalue weighted by Crippen LogP contribution is -2.33. The van der Waals surface area contributed by atoms with Crippen molar-refractivity contribution in [2.24, 2.45) is 0 Å². The zero-order valence-corrected chi connectivity index (χ0v) is 12.4. The van der Waals surface area contributed by atoms with Crippen LogP contribution >= 0.6 is 0 Å². The molecule has 18 heavy (non-hydrogen) atoms. The Kier molecular flexibility index (Phi) is 4.05. The summed E-state index contributed by atoms with van der Waals surface area (Å²) in [5, 5.41) is 0. The summed E-state index contributed by atoms with van der Waals surface area (Å²) in [7, 11) is -1.22. The highest BCUT2D eigenvalue weighted by Gasteiger charge is 2.51. The Bertz CT molecular complexity index is 397. The maximum atomic E-state index is 5.91. The van der Waals surface area contributed by atoms with Crippen molar-refractivity contribution in [3.63, 3.8) is 0 Å². The summed E-state index contributed by atoms with van der Waals surface area (Å²) < 4.78 is 11.7. The van der Waals surface area contributed by atoms with Gasteiger partial charge in [-0.3, -0.25) is 0 Å². The van der Waals surface area contributed by atoms with Gasteiger partial charge < -0.3 is 9.47 Å². The van der Waals surface area contributed by atoms with Crippen molar-refractivity contribution in [2.75, 3.05) is 0 Å². The van der Waals surface area contributed by atoms with Crippen LogP contribution in [0, 0.1) is 0 Å². The number of epoxide rings is 1. The zero-order valence-electron chi connectivity index (χ0n) is 11.4. The molecule has 3 heteroatoms. The first-order chi connectivity index (χ1) is 8.52. The maximum absolute atomic E-state index is 5.91. The monoisotopic (exact) mass is 262 g/mol. The van der Waals surface area contributed by atoms with Crippen LogP contribution in [0.25, 0.3) is 0 Å². The number of hydrogen-bond acceptors (Lipinski definition) is 2. The van der Waals surface area contributed by atoms with Crippen molar-refractivity contribution >= 4 is 8.07 Å². The summed E-state index contributed by atoms with van der Waals surface area (Å²) in [6.07, 6.45) is 2.10. The second-order valence-electron chi connectivity index (χ2n) is 5.88. The van der Waals surface area contributed by atoms with Crippen LogP contribution in [-0.2, 0) is 16.1 Å². The summed E-state index contributed by atoms with van der Waals surface area (Å²) in [5.41, 5.74) is 1.60. The van der Waals surface area contributed by atoms with Gasteiger partial charge in [-0.2, -0.15) is 0 Å². The fraction of sp³-hybridized carbons (Fsp3) is 0.467. The molecule has 2 nitrogen and oxygen atoms in total. The standard InChI is InChI=1S/C15H22O2Si/c1-5-13(14-15(17-14)18(2,3)4)16-11-12-9-7-6-8-10-12/h5-10,13-15H,1,11H2,2-4H3/t13-,14-,15-/m0/s1. The van der Waals surface area contributed by atoms with E-state index in [1.165, 1.54) is 5.56 Å². The Morgan fingerprint density at radius 1 is 1.33 bits per heavy atom. The van der Waals surface area contributed by atoms with Gasteiger partial charge in [0.1, 0.15) is 12.2 Å². The molecule has 0 N–H and O–H groups in total. The molecule has 1 heterocycles. The Hall–Kier alpha value is -0.903. The molecular formula is C15H22O2Si. The smallest absolute Gasteiger partial charge is 0.110 e. The summed E-state index contributed by atoms with van der Waals surface area (Å²) in [6.45, 7) is 11.5. The first-order valence-electron chi connectivity index (χ1n) is 6.46. The number of hydrogen-bond donors (Lipinski definition) is 0. The summed E-state index contributed by atoms with van der Waals surface area (Å²) in [4.78, 5) is 0. The lowest BCUT2D eigenvalue weighted by molar-refractivity contribution is 0.0528. The van der Waals surface area contributed by atoms with E-state index in [1.807, 2.05) is 24.3 Å². The Morgan fingerprint density at radius 3 is 2.50 bits per heavy atom. The van der Waals surface area contributed by atoms with Crippen molar-refractivity contribution in [2.45, 2.75) is 44.2 Å². The van der Waals surface area contributed by atoms with E-state index in [9.17, 15) is 0 Å². The molecule has 3 atom stereocenters. The van der Waals surface area contributed by atoms with E-state index in [0.717, 1.165) is 0 Å². The molecule has 0 amide bonds. The largest absolute Gasteiger partial charge is 0.370 e. The van der Waals surface area contributed by atoms with Gasteiger partial charge in [0.05, 0.1) is 20.4 Å². The molecule has 1 aliphatic rings. The highest BCUT2D eigenvalue weighted by molar-refractivity contribution is 6.78. The summed E-state index contributed by atoms with van der Waals surface area (Å²) in [5.74, 6) is 0. The molecule has 0 aliphatic carbocycles. The number of benzene rings is 1. The second kappa shape index (κ2) is 5.39. The molecular weight excluding hydrogens is 240 g/mol. The molecule has 0 bridgehead atoms. The van der Waals surface area contributed by atoms with Crippen LogP contribution in [0.5, 0.6) is 0 Å². The minimum absolute atomic E-state index is 0.0157. The topological polar surface area (TPSA) is 21.8 Å². The number of ether oxygens (including phenoxy) is 2. The van der Waals surface area contributed by atoms with Crippen molar-refractivity contribution < 1.29 is 9.47 Å². The predicted molar refractivity (Wildman–Crippen MR) is 77.2 cm³/mol. The van der Waals surface area contributed by atoms with Gasteiger partial charge in [0.2, 0.25) is 0 Å². The van der Waals surface area contributed by atoms with E-state index >= 15 is 0 Å². The van der Waals surface area contributed by atoms with Gasteiger partial charge in [0.15, 0.2) is 0 Å². The quantitative estimate of drug-likeness (QED) is 0.445. The first kappa shape index (κ1) is 13.5.